The number of aliphatic hydroxyl groups is 1. The lowest BCUT2D eigenvalue weighted by molar-refractivity contribution is 0.0579. The van der Waals surface area contributed by atoms with E-state index in [1.165, 1.54) is 0 Å². The average Bonchev–Trinajstić information content (AvgIpc) is 1.98. The van der Waals surface area contributed by atoms with Crippen molar-refractivity contribution in [3.05, 3.63) is 0 Å². The van der Waals surface area contributed by atoms with E-state index in [9.17, 15) is 9.90 Å². The molecule has 2 amide bonds. The number of carbonyl (C=O) groups excluding carboxylic acids is 1. The zero-order valence-corrected chi connectivity index (χ0v) is 9.77. The van der Waals surface area contributed by atoms with Crippen molar-refractivity contribution in [2.24, 2.45) is 0 Å². The summed E-state index contributed by atoms with van der Waals surface area (Å²) in [6, 6.07) is -0.244. The zero-order valence-electron chi connectivity index (χ0n) is 9.77. The van der Waals surface area contributed by atoms with Gasteiger partial charge in [-0.3, -0.25) is 0 Å². The molecule has 3 N–H and O–H groups in total. The normalized spacial score (nSPS) is 15.9. The van der Waals surface area contributed by atoms with Crippen molar-refractivity contribution in [3.63, 3.8) is 0 Å². The Labute approximate surface area is 86.1 Å². The van der Waals surface area contributed by atoms with Crippen molar-refractivity contribution in [1.82, 2.24) is 10.6 Å². The van der Waals surface area contributed by atoms with Crippen molar-refractivity contribution in [3.8, 4) is 0 Å². The lowest BCUT2D eigenvalue weighted by atomic mass is 10.0. The maximum Gasteiger partial charge on any atom is 0.315 e. The third-order valence-electron chi connectivity index (χ3n) is 1.88. The third-order valence-corrected chi connectivity index (χ3v) is 1.88. The Hall–Kier alpha value is -0.770. The van der Waals surface area contributed by atoms with Gasteiger partial charge in [-0.1, -0.05) is 6.92 Å². The quantitative estimate of drug-likeness (QED) is 0.645. The summed E-state index contributed by atoms with van der Waals surface area (Å²) in [4.78, 5) is 11.3. The van der Waals surface area contributed by atoms with E-state index in [1.54, 1.807) is 6.92 Å². The molecule has 0 heterocycles. The molecule has 0 spiro atoms. The molecule has 4 heteroatoms. The maximum absolute atomic E-state index is 11.3. The van der Waals surface area contributed by atoms with Crippen molar-refractivity contribution in [1.29, 1.82) is 0 Å². The smallest absolute Gasteiger partial charge is 0.315 e. The van der Waals surface area contributed by atoms with Crippen LogP contribution < -0.4 is 10.6 Å². The average molecular weight is 202 g/mol. The van der Waals surface area contributed by atoms with Crippen LogP contribution >= 0.6 is 0 Å². The summed E-state index contributed by atoms with van der Waals surface area (Å²) < 4.78 is 0. The van der Waals surface area contributed by atoms with Gasteiger partial charge in [-0.05, 0) is 34.1 Å². The summed E-state index contributed by atoms with van der Waals surface area (Å²) in [5.74, 6) is 0. The van der Waals surface area contributed by atoms with Gasteiger partial charge in [0.1, 0.15) is 0 Å². The van der Waals surface area contributed by atoms with E-state index >= 15 is 0 Å². The molecule has 0 rings (SSSR count). The van der Waals surface area contributed by atoms with Crippen molar-refractivity contribution < 1.29 is 9.90 Å². The fraction of sp³-hybridized carbons (Fsp3) is 0.900. The number of hydrogen-bond donors (Lipinski definition) is 3. The number of urea groups is 1. The Kier molecular flexibility index (Phi) is 4.39. The predicted molar refractivity (Wildman–Crippen MR) is 57.2 cm³/mol. The molecule has 0 aliphatic heterocycles. The van der Waals surface area contributed by atoms with E-state index in [1.807, 2.05) is 27.7 Å². The molecule has 1 atom stereocenters. The molecule has 0 fully saturated rings. The summed E-state index contributed by atoms with van der Waals surface area (Å²) in [6.07, 6.45) is 0.614. The Bertz CT molecular complexity index is 195. The van der Waals surface area contributed by atoms with Crippen LogP contribution in [0.5, 0.6) is 0 Å². The molecule has 0 aliphatic carbocycles. The summed E-state index contributed by atoms with van der Waals surface area (Å²) in [6.45, 7) is 9.57. The minimum atomic E-state index is -0.824. The minimum absolute atomic E-state index is 0.244. The summed E-state index contributed by atoms with van der Waals surface area (Å²) in [5, 5.41) is 15.0. The monoisotopic (exact) mass is 202 g/mol. The first kappa shape index (κ1) is 13.2. The lowest BCUT2D eigenvalue weighted by Crippen LogP contribution is -2.50. The van der Waals surface area contributed by atoms with Crippen molar-refractivity contribution in [2.45, 2.75) is 52.2 Å². The molecule has 0 aromatic rings. The predicted octanol–water partition coefficient (Wildman–Crippen LogP) is 1.25. The highest BCUT2D eigenvalue weighted by molar-refractivity contribution is 5.74. The van der Waals surface area contributed by atoms with Gasteiger partial charge in [-0.25, -0.2) is 4.79 Å². The van der Waals surface area contributed by atoms with Crippen LogP contribution in [0.15, 0.2) is 0 Å². The molecule has 84 valence electrons. The fourth-order valence-electron chi connectivity index (χ4n) is 0.780. The zero-order chi connectivity index (χ0) is 11.4. The molecule has 14 heavy (non-hydrogen) atoms. The number of hydrogen-bond acceptors (Lipinski definition) is 2. The SMILES string of the molecule is CCC(C)(O)CNC(=O)NC(C)(C)C. The lowest BCUT2D eigenvalue weighted by Gasteiger charge is -2.25. The van der Waals surface area contributed by atoms with E-state index in [4.69, 9.17) is 0 Å². The van der Waals surface area contributed by atoms with Crippen LogP contribution in [0.1, 0.15) is 41.0 Å². The Morgan fingerprint density at radius 1 is 1.29 bits per heavy atom. The molecule has 0 saturated carbocycles. The number of amides is 2. The second-order valence-electron chi connectivity index (χ2n) is 4.91. The number of nitrogens with one attached hydrogen (secondary N) is 2. The Morgan fingerprint density at radius 3 is 2.14 bits per heavy atom. The van der Waals surface area contributed by atoms with Crippen LogP contribution in [-0.2, 0) is 0 Å². The molecule has 0 saturated heterocycles. The molecule has 1 unspecified atom stereocenters. The van der Waals surface area contributed by atoms with Gasteiger partial charge in [0.15, 0.2) is 0 Å². The van der Waals surface area contributed by atoms with Crippen LogP contribution in [0.3, 0.4) is 0 Å². The second kappa shape index (κ2) is 4.64. The van der Waals surface area contributed by atoms with Crippen LogP contribution in [0.25, 0.3) is 0 Å². The topological polar surface area (TPSA) is 61.4 Å². The number of rotatable bonds is 3. The fourth-order valence-corrected chi connectivity index (χ4v) is 0.780. The van der Waals surface area contributed by atoms with Gasteiger partial charge < -0.3 is 15.7 Å². The summed E-state index contributed by atoms with van der Waals surface area (Å²) in [7, 11) is 0. The van der Waals surface area contributed by atoms with Gasteiger partial charge in [0, 0.05) is 12.1 Å². The molecule has 0 aromatic heterocycles. The van der Waals surface area contributed by atoms with E-state index in [2.05, 4.69) is 10.6 Å². The van der Waals surface area contributed by atoms with Crippen molar-refractivity contribution in [2.75, 3.05) is 6.54 Å². The van der Waals surface area contributed by atoms with Gasteiger partial charge in [-0.2, -0.15) is 0 Å². The van der Waals surface area contributed by atoms with E-state index in [0.717, 1.165) is 0 Å². The van der Waals surface area contributed by atoms with Crippen LogP contribution in [0.2, 0.25) is 0 Å². The van der Waals surface area contributed by atoms with Gasteiger partial charge in [0.2, 0.25) is 0 Å². The highest BCUT2D eigenvalue weighted by Crippen LogP contribution is 2.06. The molecule has 4 nitrogen and oxygen atoms in total. The Balaban J connectivity index is 3.87. The molecule has 0 radical (unpaired) electrons. The van der Waals surface area contributed by atoms with Crippen LogP contribution in [-0.4, -0.2) is 28.8 Å². The first-order valence-corrected chi connectivity index (χ1v) is 4.95. The highest BCUT2D eigenvalue weighted by Gasteiger charge is 2.19. The van der Waals surface area contributed by atoms with Crippen LogP contribution in [0.4, 0.5) is 4.79 Å². The van der Waals surface area contributed by atoms with Gasteiger partial charge in [0.25, 0.3) is 0 Å². The molecule has 0 aliphatic rings. The number of carbonyl (C=O) groups is 1. The van der Waals surface area contributed by atoms with Gasteiger partial charge in [-0.15, -0.1) is 0 Å². The second-order valence-corrected chi connectivity index (χ2v) is 4.91. The minimum Gasteiger partial charge on any atom is -0.388 e. The molecular weight excluding hydrogens is 180 g/mol. The maximum atomic E-state index is 11.3. The third kappa shape index (κ3) is 6.71. The van der Waals surface area contributed by atoms with Gasteiger partial charge in [0.05, 0.1) is 5.60 Å². The van der Waals surface area contributed by atoms with Gasteiger partial charge >= 0.3 is 6.03 Å². The van der Waals surface area contributed by atoms with Crippen LogP contribution in [0, 0.1) is 0 Å². The largest absolute Gasteiger partial charge is 0.388 e. The molecular formula is C10H22N2O2. The molecule has 0 bridgehead atoms. The summed E-state index contributed by atoms with van der Waals surface area (Å²) >= 11 is 0. The Morgan fingerprint density at radius 2 is 1.79 bits per heavy atom. The van der Waals surface area contributed by atoms with E-state index < -0.39 is 5.60 Å². The van der Waals surface area contributed by atoms with E-state index in [-0.39, 0.29) is 18.1 Å². The molecule has 0 aromatic carbocycles. The first-order valence-electron chi connectivity index (χ1n) is 4.95. The first-order chi connectivity index (χ1) is 6.16. The highest BCUT2D eigenvalue weighted by atomic mass is 16.3. The van der Waals surface area contributed by atoms with E-state index in [0.29, 0.717) is 6.42 Å². The van der Waals surface area contributed by atoms with Crippen molar-refractivity contribution >= 4 is 6.03 Å². The standard InChI is InChI=1S/C10H22N2O2/c1-6-10(5,14)7-11-8(13)12-9(2,3)4/h14H,6-7H2,1-5H3,(H2,11,12,13). The summed E-state index contributed by atoms with van der Waals surface area (Å²) in [5.41, 5.74) is -1.07.